The number of hydrazine groups is 1. The molecule has 0 radical (unpaired) electrons. The molecule has 0 amide bonds. The van der Waals surface area contributed by atoms with Crippen molar-refractivity contribution in [2.75, 3.05) is 6.54 Å². The van der Waals surface area contributed by atoms with Crippen LogP contribution in [0.25, 0.3) is 32.1 Å². The fourth-order valence-electron chi connectivity index (χ4n) is 3.52. The van der Waals surface area contributed by atoms with Gasteiger partial charge in [0.1, 0.15) is 10.4 Å². The van der Waals surface area contributed by atoms with Gasteiger partial charge in [0, 0.05) is 34.4 Å². The van der Waals surface area contributed by atoms with Gasteiger partial charge < -0.3 is 10.1 Å². The van der Waals surface area contributed by atoms with Gasteiger partial charge in [-0.1, -0.05) is 31.2 Å². The van der Waals surface area contributed by atoms with E-state index in [4.69, 9.17) is 5.84 Å². The third-order valence-electron chi connectivity index (χ3n) is 5.12. The molecule has 138 valence electrons. The molecule has 2 heterocycles. The van der Waals surface area contributed by atoms with Crippen molar-refractivity contribution in [1.29, 1.82) is 0 Å². The van der Waals surface area contributed by atoms with Gasteiger partial charge in [-0.2, -0.15) is 0 Å². The molecular weight excluding hydrogens is 358 g/mol. The molecule has 0 aliphatic heterocycles. The molecule has 4 N–H and O–H groups in total. The Balaban J connectivity index is 1.92. The predicted molar refractivity (Wildman–Crippen MR) is 112 cm³/mol. The summed E-state index contributed by atoms with van der Waals surface area (Å²) in [6.07, 6.45) is 0. The smallest absolute Gasteiger partial charge is 0.266 e. The first-order chi connectivity index (χ1) is 13.0. The van der Waals surface area contributed by atoms with Crippen molar-refractivity contribution in [1.82, 2.24) is 9.99 Å². The lowest BCUT2D eigenvalue weighted by Gasteiger charge is -2.23. The number of nitrogens with zero attached hydrogens (tertiary/aromatic N) is 1. The first-order valence-corrected chi connectivity index (χ1v) is 9.76. The van der Waals surface area contributed by atoms with E-state index >= 15 is 0 Å². The zero-order valence-corrected chi connectivity index (χ0v) is 16.0. The standard InChI is InChI=1S/C21H21N3O2S/c1-3-24(22)12(2)13-4-6-14(7-5-13)18-17(25)9-8-16-19(18)15-10-11-27-20(15)21(26)23-16/h4-12,25H,3,22H2,1-2H3,(H,23,26). The van der Waals surface area contributed by atoms with Crippen LogP contribution in [0.5, 0.6) is 5.75 Å². The number of fused-ring (bicyclic) bond motifs is 3. The van der Waals surface area contributed by atoms with Crippen molar-refractivity contribution < 1.29 is 5.11 Å². The number of benzene rings is 2. The van der Waals surface area contributed by atoms with Crippen LogP contribution in [0.4, 0.5) is 0 Å². The maximum atomic E-state index is 12.3. The molecular formula is C21H21N3O2S. The number of aromatic hydroxyl groups is 1. The second kappa shape index (κ2) is 6.81. The van der Waals surface area contributed by atoms with Crippen LogP contribution in [-0.4, -0.2) is 21.6 Å². The predicted octanol–water partition coefficient (Wildman–Crippen LogP) is 4.37. The summed E-state index contributed by atoms with van der Waals surface area (Å²) in [5.74, 6) is 6.21. The molecule has 5 nitrogen and oxygen atoms in total. The van der Waals surface area contributed by atoms with Crippen molar-refractivity contribution >= 4 is 32.3 Å². The number of aromatic nitrogens is 1. The van der Waals surface area contributed by atoms with Crippen LogP contribution < -0.4 is 11.4 Å². The highest BCUT2D eigenvalue weighted by Crippen LogP contribution is 2.39. The van der Waals surface area contributed by atoms with E-state index in [0.717, 1.165) is 39.5 Å². The topological polar surface area (TPSA) is 82.3 Å². The van der Waals surface area contributed by atoms with E-state index in [1.54, 1.807) is 17.1 Å². The van der Waals surface area contributed by atoms with Gasteiger partial charge in [-0.25, -0.2) is 5.01 Å². The molecule has 0 spiro atoms. The Hall–Kier alpha value is -2.67. The third kappa shape index (κ3) is 2.92. The van der Waals surface area contributed by atoms with Gasteiger partial charge in [-0.3, -0.25) is 10.6 Å². The van der Waals surface area contributed by atoms with Crippen molar-refractivity contribution in [3.05, 3.63) is 63.8 Å². The van der Waals surface area contributed by atoms with Gasteiger partial charge in [-0.15, -0.1) is 11.3 Å². The summed E-state index contributed by atoms with van der Waals surface area (Å²) in [6.45, 7) is 4.84. The molecule has 0 bridgehead atoms. The SMILES string of the molecule is CCN(N)C(C)c1ccc(-c2c(O)ccc3[nH]c(=O)c4sccc4c23)cc1. The number of nitrogens with one attached hydrogen (secondary N) is 1. The summed E-state index contributed by atoms with van der Waals surface area (Å²) >= 11 is 1.41. The zero-order chi connectivity index (χ0) is 19.1. The number of H-pyrrole nitrogens is 1. The lowest BCUT2D eigenvalue weighted by atomic mass is 9.95. The molecule has 27 heavy (non-hydrogen) atoms. The Morgan fingerprint density at radius 2 is 1.93 bits per heavy atom. The Morgan fingerprint density at radius 3 is 2.63 bits per heavy atom. The van der Waals surface area contributed by atoms with Crippen molar-refractivity contribution in [3.8, 4) is 16.9 Å². The van der Waals surface area contributed by atoms with E-state index in [-0.39, 0.29) is 17.4 Å². The number of aromatic amines is 1. The lowest BCUT2D eigenvalue weighted by molar-refractivity contribution is 0.228. The summed E-state index contributed by atoms with van der Waals surface area (Å²) in [7, 11) is 0. The van der Waals surface area contributed by atoms with Crippen LogP contribution in [0.2, 0.25) is 0 Å². The second-order valence-electron chi connectivity index (χ2n) is 6.63. The molecule has 2 aromatic heterocycles. The van der Waals surface area contributed by atoms with Crippen LogP contribution >= 0.6 is 11.3 Å². The van der Waals surface area contributed by atoms with Crippen LogP contribution in [0.3, 0.4) is 0 Å². The number of hydrogen-bond donors (Lipinski definition) is 3. The van der Waals surface area contributed by atoms with E-state index in [9.17, 15) is 9.90 Å². The van der Waals surface area contributed by atoms with Gasteiger partial charge in [0.25, 0.3) is 5.56 Å². The van der Waals surface area contributed by atoms with Crippen LogP contribution in [-0.2, 0) is 0 Å². The number of thiophene rings is 1. The van der Waals surface area contributed by atoms with E-state index in [1.165, 1.54) is 11.3 Å². The minimum Gasteiger partial charge on any atom is -0.507 e. The maximum Gasteiger partial charge on any atom is 0.266 e. The Bertz CT molecular complexity index is 1180. The van der Waals surface area contributed by atoms with Gasteiger partial charge in [0.15, 0.2) is 0 Å². The van der Waals surface area contributed by atoms with E-state index in [1.807, 2.05) is 42.6 Å². The molecule has 0 fully saturated rings. The average molecular weight is 379 g/mol. The molecule has 1 unspecified atom stereocenters. The summed E-state index contributed by atoms with van der Waals surface area (Å²) < 4.78 is 0.668. The zero-order valence-electron chi connectivity index (χ0n) is 15.2. The molecule has 2 aromatic carbocycles. The molecule has 0 saturated heterocycles. The molecule has 4 rings (SSSR count). The average Bonchev–Trinajstić information content (AvgIpc) is 3.18. The largest absolute Gasteiger partial charge is 0.507 e. The number of rotatable bonds is 4. The summed E-state index contributed by atoms with van der Waals surface area (Å²) in [5.41, 5.74) is 3.35. The van der Waals surface area contributed by atoms with Gasteiger partial charge in [-0.05, 0) is 41.6 Å². The van der Waals surface area contributed by atoms with Crippen LogP contribution in [0, 0.1) is 0 Å². The fraction of sp³-hybridized carbons (Fsp3) is 0.190. The van der Waals surface area contributed by atoms with Gasteiger partial charge in [0.2, 0.25) is 0 Å². The third-order valence-corrected chi connectivity index (χ3v) is 6.03. The second-order valence-corrected chi connectivity index (χ2v) is 7.54. The maximum absolute atomic E-state index is 12.3. The Morgan fingerprint density at radius 1 is 1.19 bits per heavy atom. The van der Waals surface area contributed by atoms with Crippen LogP contribution in [0.1, 0.15) is 25.5 Å². The highest BCUT2D eigenvalue weighted by molar-refractivity contribution is 7.17. The quantitative estimate of drug-likeness (QED) is 0.363. The minimum atomic E-state index is -0.101. The number of pyridine rings is 1. The lowest BCUT2D eigenvalue weighted by Crippen LogP contribution is -2.33. The first-order valence-electron chi connectivity index (χ1n) is 8.88. The Kier molecular flexibility index (Phi) is 4.47. The van der Waals surface area contributed by atoms with E-state index in [0.29, 0.717) is 4.70 Å². The summed E-state index contributed by atoms with van der Waals surface area (Å²) in [4.78, 5) is 15.2. The van der Waals surface area contributed by atoms with Crippen molar-refractivity contribution in [3.63, 3.8) is 0 Å². The fourth-order valence-corrected chi connectivity index (χ4v) is 4.32. The van der Waals surface area contributed by atoms with Crippen molar-refractivity contribution in [2.45, 2.75) is 19.9 Å². The molecule has 6 heteroatoms. The van der Waals surface area contributed by atoms with E-state index < -0.39 is 0 Å². The number of phenols is 1. The molecule has 0 aliphatic carbocycles. The molecule has 4 aromatic rings. The Labute approximate surface area is 160 Å². The number of hydrogen-bond acceptors (Lipinski definition) is 5. The summed E-state index contributed by atoms with van der Waals surface area (Å²) in [6, 6.07) is 13.5. The van der Waals surface area contributed by atoms with Gasteiger partial charge >= 0.3 is 0 Å². The monoisotopic (exact) mass is 379 g/mol. The molecule has 1 atom stereocenters. The van der Waals surface area contributed by atoms with E-state index in [2.05, 4.69) is 11.9 Å². The number of nitrogens with two attached hydrogens (primary N) is 1. The highest BCUT2D eigenvalue weighted by Gasteiger charge is 2.16. The molecule has 0 aliphatic rings. The highest BCUT2D eigenvalue weighted by atomic mass is 32.1. The first kappa shape index (κ1) is 17.7. The number of phenolic OH excluding ortho intramolecular Hbond substituents is 1. The molecule has 0 saturated carbocycles. The van der Waals surface area contributed by atoms with Crippen LogP contribution in [0.15, 0.2) is 52.6 Å². The summed E-state index contributed by atoms with van der Waals surface area (Å²) in [5, 5.41) is 16.0. The van der Waals surface area contributed by atoms with Crippen molar-refractivity contribution in [2.24, 2.45) is 5.84 Å². The normalized spacial score (nSPS) is 12.9. The minimum absolute atomic E-state index is 0.101. The van der Waals surface area contributed by atoms with Gasteiger partial charge in [0.05, 0.1) is 0 Å².